The Kier molecular flexibility index (Phi) is 6.63. The minimum absolute atomic E-state index is 0.354. The molecular formula is C27H28FN3O3. The molecule has 1 fully saturated rings. The van der Waals surface area contributed by atoms with E-state index < -0.39 is 23.3 Å². The van der Waals surface area contributed by atoms with E-state index in [1.54, 1.807) is 4.90 Å². The molecule has 4 rings (SSSR count). The van der Waals surface area contributed by atoms with Gasteiger partial charge in [-0.05, 0) is 42.5 Å². The van der Waals surface area contributed by atoms with E-state index >= 15 is 0 Å². The molecule has 0 unspecified atom stereocenters. The summed E-state index contributed by atoms with van der Waals surface area (Å²) in [5.74, 6) is -1.26. The molecule has 6 nitrogen and oxygen atoms in total. The number of anilines is 1. The molecule has 0 spiro atoms. The van der Waals surface area contributed by atoms with E-state index in [4.69, 9.17) is 0 Å². The van der Waals surface area contributed by atoms with Gasteiger partial charge in [-0.2, -0.15) is 0 Å². The largest absolute Gasteiger partial charge is 0.325 e. The van der Waals surface area contributed by atoms with Crippen molar-refractivity contribution in [2.45, 2.75) is 38.6 Å². The van der Waals surface area contributed by atoms with Gasteiger partial charge in [0.25, 0.3) is 5.91 Å². The lowest BCUT2D eigenvalue weighted by molar-refractivity contribution is -0.134. The van der Waals surface area contributed by atoms with E-state index in [1.807, 2.05) is 56.3 Å². The summed E-state index contributed by atoms with van der Waals surface area (Å²) >= 11 is 0. The monoisotopic (exact) mass is 461 g/mol. The molecule has 1 atom stereocenters. The number of nitrogens with one attached hydrogen (secondary N) is 1. The van der Waals surface area contributed by atoms with Crippen LogP contribution in [0.25, 0.3) is 10.8 Å². The number of hydrogen-bond acceptors (Lipinski definition) is 3. The Morgan fingerprint density at radius 3 is 2.41 bits per heavy atom. The number of carbonyl (C=O) groups is 3. The molecule has 1 heterocycles. The van der Waals surface area contributed by atoms with Crippen LogP contribution in [-0.4, -0.2) is 35.8 Å². The van der Waals surface area contributed by atoms with Crippen LogP contribution in [0.15, 0.2) is 66.7 Å². The van der Waals surface area contributed by atoms with Gasteiger partial charge in [0.2, 0.25) is 5.91 Å². The van der Waals surface area contributed by atoms with Crippen LogP contribution in [0.2, 0.25) is 0 Å². The molecule has 0 saturated carbocycles. The van der Waals surface area contributed by atoms with Gasteiger partial charge in [0.15, 0.2) is 0 Å². The topological polar surface area (TPSA) is 69.7 Å². The van der Waals surface area contributed by atoms with Crippen molar-refractivity contribution in [1.29, 1.82) is 0 Å². The first-order valence-corrected chi connectivity index (χ1v) is 11.6. The third-order valence-corrected chi connectivity index (χ3v) is 6.39. The van der Waals surface area contributed by atoms with Crippen molar-refractivity contribution < 1.29 is 18.8 Å². The lowest BCUT2D eigenvalue weighted by Gasteiger charge is -2.28. The smallest absolute Gasteiger partial charge is 0.319 e. The Balaban J connectivity index is 1.64. The number of imide groups is 1. The summed E-state index contributed by atoms with van der Waals surface area (Å²) in [5, 5.41) is 4.73. The number of unbranched alkanes of at least 4 members (excludes halogenated alkanes) is 1. The molecule has 7 heteroatoms. The van der Waals surface area contributed by atoms with Gasteiger partial charge in [0.05, 0.1) is 5.69 Å². The van der Waals surface area contributed by atoms with Crippen molar-refractivity contribution in [1.82, 2.24) is 10.2 Å². The van der Waals surface area contributed by atoms with Crippen molar-refractivity contribution in [3.05, 3.63) is 78.1 Å². The molecule has 4 amide bonds. The summed E-state index contributed by atoms with van der Waals surface area (Å²) in [6.07, 6.45) is 1.86. The third kappa shape index (κ3) is 4.14. The summed E-state index contributed by atoms with van der Waals surface area (Å²) in [5.41, 5.74) is -0.0668. The van der Waals surface area contributed by atoms with Crippen LogP contribution >= 0.6 is 0 Å². The lowest BCUT2D eigenvalue weighted by atomic mass is 9.85. The van der Waals surface area contributed by atoms with E-state index in [0.717, 1.165) is 27.8 Å². The molecule has 1 N–H and O–H groups in total. The number of urea groups is 1. The van der Waals surface area contributed by atoms with Gasteiger partial charge in [-0.15, -0.1) is 0 Å². The first-order valence-electron chi connectivity index (χ1n) is 11.6. The second-order valence-corrected chi connectivity index (χ2v) is 8.47. The number of hydrogen-bond donors (Lipinski definition) is 1. The van der Waals surface area contributed by atoms with Crippen LogP contribution in [0.1, 0.15) is 38.7 Å². The second kappa shape index (κ2) is 9.63. The van der Waals surface area contributed by atoms with Gasteiger partial charge < -0.3 is 10.2 Å². The zero-order valence-electron chi connectivity index (χ0n) is 19.4. The Morgan fingerprint density at radius 1 is 1.00 bits per heavy atom. The van der Waals surface area contributed by atoms with Gasteiger partial charge in [0, 0.05) is 11.9 Å². The maximum atomic E-state index is 13.6. The maximum Gasteiger partial charge on any atom is 0.325 e. The van der Waals surface area contributed by atoms with E-state index in [9.17, 15) is 18.8 Å². The zero-order chi connectivity index (χ0) is 24.3. The summed E-state index contributed by atoms with van der Waals surface area (Å²) < 4.78 is 13.5. The number of amides is 4. The van der Waals surface area contributed by atoms with Crippen molar-refractivity contribution in [2.75, 3.05) is 18.0 Å². The highest BCUT2D eigenvalue weighted by atomic mass is 19.1. The van der Waals surface area contributed by atoms with Gasteiger partial charge in [-0.3, -0.25) is 14.5 Å². The predicted octanol–water partition coefficient (Wildman–Crippen LogP) is 4.97. The highest BCUT2D eigenvalue weighted by Gasteiger charge is 2.52. The Labute approximate surface area is 198 Å². The number of benzene rings is 3. The summed E-state index contributed by atoms with van der Waals surface area (Å²) in [6, 6.07) is 18.4. The predicted molar refractivity (Wildman–Crippen MR) is 130 cm³/mol. The molecule has 0 radical (unpaired) electrons. The van der Waals surface area contributed by atoms with Crippen LogP contribution in [0, 0.1) is 5.82 Å². The number of rotatable bonds is 8. The van der Waals surface area contributed by atoms with Gasteiger partial charge in [0.1, 0.15) is 17.9 Å². The van der Waals surface area contributed by atoms with Gasteiger partial charge in [-0.25, -0.2) is 9.18 Å². The summed E-state index contributed by atoms with van der Waals surface area (Å²) in [4.78, 5) is 42.5. The molecule has 0 bridgehead atoms. The average Bonchev–Trinajstić information content (AvgIpc) is 3.09. The van der Waals surface area contributed by atoms with Gasteiger partial charge in [-0.1, -0.05) is 68.3 Å². The number of carbonyl (C=O) groups excluding carboxylic acids is 3. The fourth-order valence-corrected chi connectivity index (χ4v) is 4.60. The van der Waals surface area contributed by atoms with E-state index in [-0.39, 0.29) is 12.5 Å². The molecule has 0 aromatic heterocycles. The van der Waals surface area contributed by atoms with E-state index in [2.05, 4.69) is 5.32 Å². The van der Waals surface area contributed by atoms with Gasteiger partial charge >= 0.3 is 6.03 Å². The average molecular weight is 462 g/mol. The quantitative estimate of drug-likeness (QED) is 0.482. The normalized spacial score (nSPS) is 17.8. The first-order chi connectivity index (χ1) is 16.4. The van der Waals surface area contributed by atoms with Crippen molar-refractivity contribution in [3.8, 4) is 0 Å². The number of likely N-dealkylation sites (N-methyl/N-ethyl adjacent to an activating group) is 1. The van der Waals surface area contributed by atoms with Crippen LogP contribution < -0.4 is 10.2 Å². The highest BCUT2D eigenvalue weighted by Crippen LogP contribution is 2.35. The minimum Gasteiger partial charge on any atom is -0.319 e. The lowest BCUT2D eigenvalue weighted by Crippen LogP contribution is -2.46. The SMILES string of the molecule is CCCC[C@]1(c2ccc(F)cc2)NC(=O)N(CC(=O)N(CC)c2cccc3ccccc23)C1=O. The Morgan fingerprint density at radius 2 is 1.71 bits per heavy atom. The fraction of sp³-hybridized carbons (Fsp3) is 0.296. The molecule has 3 aromatic rings. The van der Waals surface area contributed by atoms with Crippen LogP contribution in [0.5, 0.6) is 0 Å². The number of fused-ring (bicyclic) bond motifs is 1. The first kappa shape index (κ1) is 23.4. The molecular weight excluding hydrogens is 433 g/mol. The van der Waals surface area contributed by atoms with Crippen molar-refractivity contribution >= 4 is 34.3 Å². The Bertz CT molecular complexity index is 1220. The summed E-state index contributed by atoms with van der Waals surface area (Å²) in [6.45, 7) is 3.85. The van der Waals surface area contributed by atoms with E-state index in [1.165, 1.54) is 24.3 Å². The highest BCUT2D eigenvalue weighted by molar-refractivity contribution is 6.12. The molecule has 34 heavy (non-hydrogen) atoms. The van der Waals surface area contributed by atoms with E-state index in [0.29, 0.717) is 24.9 Å². The van der Waals surface area contributed by atoms with Crippen molar-refractivity contribution in [2.24, 2.45) is 0 Å². The molecule has 1 aliphatic heterocycles. The number of nitrogens with zero attached hydrogens (tertiary/aromatic N) is 2. The maximum absolute atomic E-state index is 13.6. The van der Waals surface area contributed by atoms with Crippen LogP contribution in [0.3, 0.4) is 0 Å². The molecule has 1 aliphatic rings. The van der Waals surface area contributed by atoms with Crippen molar-refractivity contribution in [3.63, 3.8) is 0 Å². The minimum atomic E-state index is -1.31. The third-order valence-electron chi connectivity index (χ3n) is 6.39. The molecule has 1 saturated heterocycles. The van der Waals surface area contributed by atoms with Crippen LogP contribution in [-0.2, 0) is 15.1 Å². The molecule has 0 aliphatic carbocycles. The summed E-state index contributed by atoms with van der Waals surface area (Å²) in [7, 11) is 0. The fourth-order valence-electron chi connectivity index (χ4n) is 4.60. The zero-order valence-corrected chi connectivity index (χ0v) is 19.4. The Hall–Kier alpha value is -3.74. The molecule has 3 aromatic carbocycles. The number of halogens is 1. The van der Waals surface area contributed by atoms with Crippen LogP contribution in [0.4, 0.5) is 14.9 Å². The standard InChI is InChI=1S/C27H28FN3O3/c1-3-5-17-27(20-13-15-21(28)16-14-20)25(33)31(26(34)29-27)18-24(32)30(4-2)23-12-8-10-19-9-6-7-11-22(19)23/h6-16H,3-5,17-18H2,1-2H3,(H,29,34)/t27-/m1/s1. The second-order valence-electron chi connectivity index (χ2n) is 8.47. The molecule has 176 valence electrons.